The molecular weight excluding hydrogens is 287 g/mol. The smallest absolute Gasteiger partial charge is 0.0264 e. The van der Waals surface area contributed by atoms with E-state index in [1.165, 1.54) is 22.3 Å². The first-order valence-electron chi connectivity index (χ1n) is 7.16. The summed E-state index contributed by atoms with van der Waals surface area (Å²) < 4.78 is 0. The van der Waals surface area contributed by atoms with Crippen LogP contribution in [-0.2, 0) is 0 Å². The SMILES string of the molecule is ClC[C@@H]1C2c3ccccc3C(c3ccccc32)[C@@H]1CCl. The van der Waals surface area contributed by atoms with E-state index in [9.17, 15) is 0 Å². The highest BCUT2D eigenvalue weighted by molar-refractivity contribution is 6.19. The van der Waals surface area contributed by atoms with Crippen LogP contribution in [0.2, 0.25) is 0 Å². The molecule has 0 saturated heterocycles. The fourth-order valence-corrected chi connectivity index (χ4v) is 5.13. The van der Waals surface area contributed by atoms with E-state index in [-0.39, 0.29) is 0 Å². The number of halogens is 2. The van der Waals surface area contributed by atoms with Gasteiger partial charge in [-0.05, 0) is 34.1 Å². The molecule has 0 amide bonds. The van der Waals surface area contributed by atoms with Crippen molar-refractivity contribution in [3.63, 3.8) is 0 Å². The van der Waals surface area contributed by atoms with Gasteiger partial charge in [-0.2, -0.15) is 0 Å². The van der Waals surface area contributed by atoms with Crippen LogP contribution in [0, 0.1) is 11.8 Å². The van der Waals surface area contributed by atoms with Gasteiger partial charge in [0.2, 0.25) is 0 Å². The summed E-state index contributed by atoms with van der Waals surface area (Å²) in [6, 6.07) is 17.7. The number of hydrogen-bond acceptors (Lipinski definition) is 0. The summed E-state index contributed by atoms with van der Waals surface area (Å²) in [5.74, 6) is 3.08. The van der Waals surface area contributed by atoms with Crippen molar-refractivity contribution in [2.75, 3.05) is 11.8 Å². The lowest BCUT2D eigenvalue weighted by atomic mass is 9.55. The molecule has 3 aliphatic carbocycles. The van der Waals surface area contributed by atoms with Crippen LogP contribution in [0.4, 0.5) is 0 Å². The molecule has 0 radical (unpaired) electrons. The van der Waals surface area contributed by atoms with Gasteiger partial charge in [0.15, 0.2) is 0 Å². The highest BCUT2D eigenvalue weighted by atomic mass is 35.5. The number of hydrogen-bond donors (Lipinski definition) is 0. The van der Waals surface area contributed by atoms with Crippen LogP contribution >= 0.6 is 23.2 Å². The van der Waals surface area contributed by atoms with Crippen LogP contribution in [0.1, 0.15) is 34.1 Å². The lowest BCUT2D eigenvalue weighted by Gasteiger charge is -2.50. The van der Waals surface area contributed by atoms with Crippen LogP contribution < -0.4 is 0 Å². The second-order valence-corrected chi connectivity index (χ2v) is 6.47. The fourth-order valence-electron chi connectivity index (χ4n) is 4.31. The molecule has 0 aromatic heterocycles. The van der Waals surface area contributed by atoms with Gasteiger partial charge >= 0.3 is 0 Å². The summed E-state index contributed by atoms with van der Waals surface area (Å²) in [6.45, 7) is 0. The van der Waals surface area contributed by atoms with Crippen LogP contribution in [0.15, 0.2) is 48.5 Å². The average molecular weight is 303 g/mol. The summed E-state index contributed by atoms with van der Waals surface area (Å²) in [5.41, 5.74) is 5.85. The third-order valence-electron chi connectivity index (χ3n) is 5.09. The van der Waals surface area contributed by atoms with E-state index in [0.717, 1.165) is 0 Å². The van der Waals surface area contributed by atoms with E-state index < -0.39 is 0 Å². The minimum Gasteiger partial charge on any atom is -0.126 e. The monoisotopic (exact) mass is 302 g/mol. The molecule has 2 aromatic rings. The van der Waals surface area contributed by atoms with Crippen LogP contribution in [0.25, 0.3) is 0 Å². The second kappa shape index (κ2) is 4.79. The van der Waals surface area contributed by atoms with Gasteiger partial charge in [-0.25, -0.2) is 0 Å². The summed E-state index contributed by atoms with van der Waals surface area (Å²) in [7, 11) is 0. The quantitative estimate of drug-likeness (QED) is 0.686. The summed E-state index contributed by atoms with van der Waals surface area (Å²) in [4.78, 5) is 0. The zero-order valence-electron chi connectivity index (χ0n) is 11.1. The molecule has 2 bridgehead atoms. The lowest BCUT2D eigenvalue weighted by Crippen LogP contribution is -2.41. The fraction of sp³-hybridized carbons (Fsp3) is 0.333. The molecule has 2 aromatic carbocycles. The Hall–Kier alpha value is -0.980. The minimum absolute atomic E-state index is 0.411. The molecule has 0 spiro atoms. The van der Waals surface area contributed by atoms with Crippen molar-refractivity contribution in [1.29, 1.82) is 0 Å². The summed E-state index contributed by atoms with van der Waals surface area (Å²) in [6.07, 6.45) is 0. The molecule has 0 fully saturated rings. The number of fused-ring (bicyclic) bond motifs is 1. The van der Waals surface area contributed by atoms with Crippen molar-refractivity contribution in [2.45, 2.75) is 11.8 Å². The first-order chi connectivity index (χ1) is 9.86. The van der Waals surface area contributed by atoms with Gasteiger partial charge in [0.1, 0.15) is 0 Å². The largest absolute Gasteiger partial charge is 0.126 e. The Morgan fingerprint density at radius 1 is 0.600 bits per heavy atom. The highest BCUT2D eigenvalue weighted by Crippen LogP contribution is 2.58. The van der Waals surface area contributed by atoms with E-state index >= 15 is 0 Å². The maximum Gasteiger partial charge on any atom is 0.0264 e. The van der Waals surface area contributed by atoms with Gasteiger partial charge in [-0.3, -0.25) is 0 Å². The van der Waals surface area contributed by atoms with E-state index in [2.05, 4.69) is 48.5 Å². The summed E-state index contributed by atoms with van der Waals surface area (Å²) in [5, 5.41) is 0. The van der Waals surface area contributed by atoms with Crippen molar-refractivity contribution in [3.8, 4) is 0 Å². The predicted octanol–water partition coefficient (Wildman–Crippen LogP) is 4.99. The van der Waals surface area contributed by atoms with Gasteiger partial charge in [-0.15, -0.1) is 23.2 Å². The maximum atomic E-state index is 6.32. The van der Waals surface area contributed by atoms with Gasteiger partial charge in [0.05, 0.1) is 0 Å². The molecule has 2 heteroatoms. The average Bonchev–Trinajstić information content (AvgIpc) is 2.53. The van der Waals surface area contributed by atoms with Crippen molar-refractivity contribution in [2.24, 2.45) is 11.8 Å². The molecule has 0 heterocycles. The number of benzene rings is 2. The highest BCUT2D eigenvalue weighted by Gasteiger charge is 2.48. The normalized spacial score (nSPS) is 29.9. The molecule has 0 N–H and O–H groups in total. The Morgan fingerprint density at radius 3 is 1.15 bits per heavy atom. The van der Waals surface area contributed by atoms with Gasteiger partial charge < -0.3 is 0 Å². The van der Waals surface area contributed by atoms with E-state index in [4.69, 9.17) is 23.2 Å². The molecule has 20 heavy (non-hydrogen) atoms. The predicted molar refractivity (Wildman–Crippen MR) is 85.0 cm³/mol. The maximum absolute atomic E-state index is 6.32. The molecule has 102 valence electrons. The van der Waals surface area contributed by atoms with Gasteiger partial charge in [0, 0.05) is 23.6 Å². The Balaban J connectivity index is 2.01. The van der Waals surface area contributed by atoms with Crippen LogP contribution in [0.3, 0.4) is 0 Å². The Labute approximate surface area is 129 Å². The molecular formula is C18H16Cl2. The third-order valence-corrected chi connectivity index (χ3v) is 5.81. The second-order valence-electron chi connectivity index (χ2n) is 5.85. The molecule has 0 aliphatic heterocycles. The lowest BCUT2D eigenvalue weighted by molar-refractivity contribution is 0.278. The summed E-state index contributed by atoms with van der Waals surface area (Å²) >= 11 is 12.6. The van der Waals surface area contributed by atoms with E-state index in [1.807, 2.05) is 0 Å². The molecule has 2 atom stereocenters. The first-order valence-corrected chi connectivity index (χ1v) is 8.23. The van der Waals surface area contributed by atoms with Crippen LogP contribution in [-0.4, -0.2) is 11.8 Å². The molecule has 0 unspecified atom stereocenters. The third kappa shape index (κ3) is 1.55. The standard InChI is InChI=1S/C18H16Cl2/c19-9-15-16(10-20)18-12-6-2-1-5-11(12)17(15)13-7-3-4-8-14(13)18/h1-8,15-18H,9-10H2/t15-,16+,17?,18?. The van der Waals surface area contributed by atoms with Gasteiger partial charge in [0.25, 0.3) is 0 Å². The van der Waals surface area contributed by atoms with Crippen LogP contribution in [0.5, 0.6) is 0 Å². The molecule has 0 saturated carbocycles. The zero-order chi connectivity index (χ0) is 13.7. The Kier molecular flexibility index (Phi) is 3.05. The molecule has 3 aliphatic rings. The first kappa shape index (κ1) is 12.7. The zero-order valence-corrected chi connectivity index (χ0v) is 12.6. The number of alkyl halides is 2. The van der Waals surface area contributed by atoms with E-state index in [1.54, 1.807) is 0 Å². The van der Waals surface area contributed by atoms with Crippen molar-refractivity contribution < 1.29 is 0 Å². The Morgan fingerprint density at radius 2 is 0.900 bits per heavy atom. The van der Waals surface area contributed by atoms with Crippen molar-refractivity contribution in [3.05, 3.63) is 70.8 Å². The minimum atomic E-state index is 0.411. The Bertz CT molecular complexity index is 546. The molecule has 0 nitrogen and oxygen atoms in total. The topological polar surface area (TPSA) is 0 Å². The number of rotatable bonds is 2. The molecule has 5 rings (SSSR count). The van der Waals surface area contributed by atoms with Crippen molar-refractivity contribution >= 4 is 23.2 Å². The van der Waals surface area contributed by atoms with Gasteiger partial charge in [-0.1, -0.05) is 48.5 Å². The van der Waals surface area contributed by atoms with Crippen molar-refractivity contribution in [1.82, 2.24) is 0 Å². The van der Waals surface area contributed by atoms with E-state index in [0.29, 0.717) is 35.4 Å².